The molecule has 0 atom stereocenters. The molecule has 0 radical (unpaired) electrons. The lowest BCUT2D eigenvalue weighted by Crippen LogP contribution is -2.11. The fourth-order valence-electron chi connectivity index (χ4n) is 1.58. The van der Waals surface area contributed by atoms with E-state index in [0.717, 1.165) is 10.1 Å². The van der Waals surface area contributed by atoms with E-state index in [-0.39, 0.29) is 5.91 Å². The molecule has 0 unspecified atom stereocenters. The fourth-order valence-corrected chi connectivity index (χ4v) is 3.31. The van der Waals surface area contributed by atoms with Crippen LogP contribution in [0.1, 0.15) is 24.2 Å². The van der Waals surface area contributed by atoms with E-state index in [9.17, 15) is 4.79 Å². The Morgan fingerprint density at radius 1 is 1.39 bits per heavy atom. The van der Waals surface area contributed by atoms with E-state index in [4.69, 9.17) is 4.74 Å². The summed E-state index contributed by atoms with van der Waals surface area (Å²) in [6.45, 7) is 8.33. The summed E-state index contributed by atoms with van der Waals surface area (Å²) in [5.41, 5.74) is 0.544. The van der Waals surface area contributed by atoms with Gasteiger partial charge in [-0.25, -0.2) is 0 Å². The third-order valence-corrected chi connectivity index (χ3v) is 5.05. The second kappa shape index (κ2) is 8.69. The quantitative estimate of drug-likeness (QED) is 0.441. The summed E-state index contributed by atoms with van der Waals surface area (Å²) in [4.78, 5) is 12.2. The molecule has 0 spiro atoms. The Balaban J connectivity index is 1.92. The Morgan fingerprint density at radius 3 is 2.78 bits per heavy atom. The molecule has 1 heterocycles. The molecule has 0 bridgehead atoms. The van der Waals surface area contributed by atoms with Crippen LogP contribution in [0.25, 0.3) is 0 Å². The van der Waals surface area contributed by atoms with Gasteiger partial charge in [0, 0.05) is 11.3 Å². The molecule has 1 N–H and O–H groups in total. The van der Waals surface area contributed by atoms with Gasteiger partial charge in [-0.3, -0.25) is 10.1 Å². The van der Waals surface area contributed by atoms with Crippen molar-refractivity contribution >= 4 is 34.1 Å². The number of rotatable bonds is 8. The Hall–Kier alpha value is -1.86. The summed E-state index contributed by atoms with van der Waals surface area (Å²) < 4.78 is 6.25. The highest BCUT2D eigenvalue weighted by Crippen LogP contribution is 2.27. The van der Waals surface area contributed by atoms with E-state index >= 15 is 0 Å². The first kappa shape index (κ1) is 17.5. The maximum absolute atomic E-state index is 12.2. The van der Waals surface area contributed by atoms with Crippen LogP contribution in [0.5, 0.6) is 5.75 Å². The molecule has 0 fully saturated rings. The van der Waals surface area contributed by atoms with Crippen molar-refractivity contribution in [2.45, 2.75) is 18.2 Å². The fraction of sp³-hybridized carbons (Fsp3) is 0.312. The normalized spacial score (nSPS) is 10.6. The lowest BCUT2D eigenvalue weighted by Gasteiger charge is -2.04. The van der Waals surface area contributed by atoms with Gasteiger partial charge in [-0.05, 0) is 30.2 Å². The van der Waals surface area contributed by atoms with Gasteiger partial charge in [0.05, 0.1) is 0 Å². The molecule has 0 saturated heterocycles. The van der Waals surface area contributed by atoms with Gasteiger partial charge in [-0.1, -0.05) is 49.6 Å². The average molecular weight is 349 g/mol. The van der Waals surface area contributed by atoms with Crippen LogP contribution >= 0.6 is 23.1 Å². The number of thioether (sulfide) groups is 1. The largest absolute Gasteiger partial charge is 0.490 e. The Kier molecular flexibility index (Phi) is 6.61. The summed E-state index contributed by atoms with van der Waals surface area (Å²) in [6.07, 6.45) is 1.67. The van der Waals surface area contributed by atoms with Crippen molar-refractivity contribution in [3.63, 3.8) is 0 Å². The van der Waals surface area contributed by atoms with Crippen molar-refractivity contribution in [3.8, 4) is 5.75 Å². The van der Waals surface area contributed by atoms with E-state index in [1.165, 1.54) is 11.3 Å². The molecule has 1 aromatic heterocycles. The van der Waals surface area contributed by atoms with Gasteiger partial charge >= 0.3 is 0 Å². The van der Waals surface area contributed by atoms with Gasteiger partial charge in [0.1, 0.15) is 12.4 Å². The summed E-state index contributed by atoms with van der Waals surface area (Å²) in [5.74, 6) is 2.06. The minimum absolute atomic E-state index is 0.211. The molecular weight excluding hydrogens is 330 g/mol. The second-order valence-corrected chi connectivity index (χ2v) is 7.40. The van der Waals surface area contributed by atoms with Crippen molar-refractivity contribution in [2.24, 2.45) is 5.92 Å². The summed E-state index contributed by atoms with van der Waals surface area (Å²) in [7, 11) is 0. The number of carbonyl (C=O) groups is 1. The maximum Gasteiger partial charge on any atom is 0.257 e. The van der Waals surface area contributed by atoms with Crippen LogP contribution in [0.3, 0.4) is 0 Å². The molecule has 122 valence electrons. The van der Waals surface area contributed by atoms with E-state index in [0.29, 0.717) is 29.0 Å². The zero-order chi connectivity index (χ0) is 16.7. The lowest BCUT2D eigenvalue weighted by molar-refractivity contribution is 0.102. The monoisotopic (exact) mass is 349 g/mol. The SMILES string of the molecule is C=CCOc1ccc(C(=O)Nc2nnc(SCC(C)C)s2)cc1. The van der Waals surface area contributed by atoms with Gasteiger partial charge in [0.25, 0.3) is 5.91 Å². The van der Waals surface area contributed by atoms with Crippen LogP contribution in [0, 0.1) is 5.92 Å². The highest BCUT2D eigenvalue weighted by molar-refractivity contribution is 8.01. The standard InChI is InChI=1S/C16H19N3O2S2/c1-4-9-21-13-7-5-12(6-8-13)14(20)17-15-18-19-16(23-15)22-10-11(2)3/h4-8,11H,1,9-10H2,2-3H3,(H,17,18,20). The van der Waals surface area contributed by atoms with Crippen molar-refractivity contribution < 1.29 is 9.53 Å². The Labute approximate surface area is 144 Å². The summed E-state index contributed by atoms with van der Waals surface area (Å²) in [5, 5.41) is 11.3. The molecule has 0 aliphatic rings. The van der Waals surface area contributed by atoms with Crippen LogP contribution in [-0.2, 0) is 0 Å². The first-order chi connectivity index (χ1) is 11.1. The molecule has 0 saturated carbocycles. The zero-order valence-corrected chi connectivity index (χ0v) is 14.7. The highest BCUT2D eigenvalue weighted by Gasteiger charge is 2.11. The molecule has 2 rings (SSSR count). The van der Waals surface area contributed by atoms with Crippen LogP contribution in [-0.4, -0.2) is 28.5 Å². The minimum atomic E-state index is -0.211. The second-order valence-electron chi connectivity index (χ2n) is 5.16. The van der Waals surface area contributed by atoms with Gasteiger partial charge in [0.2, 0.25) is 5.13 Å². The van der Waals surface area contributed by atoms with Crippen LogP contribution < -0.4 is 10.1 Å². The van der Waals surface area contributed by atoms with E-state index in [2.05, 4.69) is 35.9 Å². The molecule has 5 nitrogen and oxygen atoms in total. The number of aromatic nitrogens is 2. The van der Waals surface area contributed by atoms with Gasteiger partial charge in [-0.2, -0.15) is 0 Å². The van der Waals surface area contributed by atoms with E-state index in [1.54, 1.807) is 42.1 Å². The number of hydrogen-bond donors (Lipinski definition) is 1. The van der Waals surface area contributed by atoms with E-state index < -0.39 is 0 Å². The highest BCUT2D eigenvalue weighted by atomic mass is 32.2. The number of benzene rings is 1. The Morgan fingerprint density at radius 2 is 2.13 bits per heavy atom. The molecule has 0 aliphatic carbocycles. The molecule has 23 heavy (non-hydrogen) atoms. The first-order valence-corrected chi connectivity index (χ1v) is 9.00. The Bertz CT molecular complexity index is 654. The maximum atomic E-state index is 12.2. The lowest BCUT2D eigenvalue weighted by atomic mass is 10.2. The first-order valence-electron chi connectivity index (χ1n) is 7.20. The van der Waals surface area contributed by atoms with Crippen LogP contribution in [0.4, 0.5) is 5.13 Å². The number of anilines is 1. The predicted octanol–water partition coefficient (Wildman–Crippen LogP) is 4.10. The van der Waals surface area contributed by atoms with Crippen molar-refractivity contribution in [2.75, 3.05) is 17.7 Å². The van der Waals surface area contributed by atoms with E-state index in [1.807, 2.05) is 0 Å². The van der Waals surface area contributed by atoms with Crippen LogP contribution in [0.15, 0.2) is 41.3 Å². The molecule has 1 aromatic carbocycles. The minimum Gasteiger partial charge on any atom is -0.490 e. The third-order valence-electron chi connectivity index (χ3n) is 2.65. The van der Waals surface area contributed by atoms with Gasteiger partial charge in [-0.15, -0.1) is 10.2 Å². The number of amides is 1. The smallest absolute Gasteiger partial charge is 0.257 e. The van der Waals surface area contributed by atoms with Crippen molar-refractivity contribution in [1.82, 2.24) is 10.2 Å². The average Bonchev–Trinajstić information content (AvgIpc) is 2.99. The van der Waals surface area contributed by atoms with Crippen LogP contribution in [0.2, 0.25) is 0 Å². The number of nitrogens with zero attached hydrogens (tertiary/aromatic N) is 2. The van der Waals surface area contributed by atoms with Gasteiger partial charge < -0.3 is 4.74 Å². The third kappa shape index (κ3) is 5.69. The van der Waals surface area contributed by atoms with Crippen molar-refractivity contribution in [3.05, 3.63) is 42.5 Å². The number of nitrogens with one attached hydrogen (secondary N) is 1. The predicted molar refractivity (Wildman–Crippen MR) is 95.6 cm³/mol. The number of carbonyl (C=O) groups excluding carboxylic acids is 1. The molecule has 7 heteroatoms. The summed E-state index contributed by atoms with van der Waals surface area (Å²) >= 11 is 3.04. The molecule has 0 aliphatic heterocycles. The zero-order valence-electron chi connectivity index (χ0n) is 13.1. The molecule has 1 amide bonds. The molecular formula is C16H19N3O2S2. The van der Waals surface area contributed by atoms with Gasteiger partial charge in [0.15, 0.2) is 4.34 Å². The van der Waals surface area contributed by atoms with Crippen molar-refractivity contribution in [1.29, 1.82) is 0 Å². The topological polar surface area (TPSA) is 64.1 Å². The number of ether oxygens (including phenoxy) is 1. The number of hydrogen-bond acceptors (Lipinski definition) is 6. The summed E-state index contributed by atoms with van der Waals surface area (Å²) in [6, 6.07) is 6.93. The molecule has 2 aromatic rings.